The number of nitrogens with two attached hydrogens (primary N) is 1. The van der Waals surface area contributed by atoms with Gasteiger partial charge in [-0.3, -0.25) is 0 Å². The number of para-hydroxylation sites is 1. The number of benzene rings is 1. The molecule has 1 aromatic carbocycles. The summed E-state index contributed by atoms with van der Waals surface area (Å²) in [7, 11) is 0. The fourth-order valence-electron chi connectivity index (χ4n) is 3.00. The van der Waals surface area contributed by atoms with Crippen molar-refractivity contribution in [3.63, 3.8) is 0 Å². The zero-order valence-corrected chi connectivity index (χ0v) is 12.8. The summed E-state index contributed by atoms with van der Waals surface area (Å²) in [6.45, 7) is 5.47. The Hall–Kier alpha value is -0.730. The third kappa shape index (κ3) is 3.64. The van der Waals surface area contributed by atoms with Gasteiger partial charge in [0.15, 0.2) is 0 Å². The summed E-state index contributed by atoms with van der Waals surface area (Å²) >= 11 is 6.48. The lowest BCUT2D eigenvalue weighted by molar-refractivity contribution is 0.612. The van der Waals surface area contributed by atoms with Gasteiger partial charge in [-0.25, -0.2) is 0 Å². The maximum atomic E-state index is 6.48. The van der Waals surface area contributed by atoms with Gasteiger partial charge in [0.05, 0.1) is 10.7 Å². The van der Waals surface area contributed by atoms with Crippen LogP contribution in [-0.2, 0) is 6.42 Å². The van der Waals surface area contributed by atoms with E-state index < -0.39 is 0 Å². The predicted octanol–water partition coefficient (Wildman–Crippen LogP) is 4.00. The summed E-state index contributed by atoms with van der Waals surface area (Å²) in [6.07, 6.45) is 6.05. The van der Waals surface area contributed by atoms with Crippen LogP contribution in [0.5, 0.6) is 0 Å². The van der Waals surface area contributed by atoms with Crippen molar-refractivity contribution in [1.29, 1.82) is 0 Å². The van der Waals surface area contributed by atoms with Gasteiger partial charge in [0.25, 0.3) is 0 Å². The minimum Gasteiger partial charge on any atom is -0.367 e. The van der Waals surface area contributed by atoms with Gasteiger partial charge in [-0.05, 0) is 44.7 Å². The molecule has 1 aliphatic rings. The second-order valence-electron chi connectivity index (χ2n) is 5.82. The summed E-state index contributed by atoms with van der Waals surface area (Å²) in [4.78, 5) is 2.49. The van der Waals surface area contributed by atoms with Crippen LogP contribution in [0.15, 0.2) is 18.2 Å². The standard InChI is InChI=1S/C16H25ClN2/c1-12(18)11-14-8-6-9-15(17)16(14)19-10-5-3-4-7-13(19)2/h6,8-9,12-13H,3-5,7,10-11,18H2,1-2H3. The van der Waals surface area contributed by atoms with Crippen molar-refractivity contribution in [1.82, 2.24) is 0 Å². The second-order valence-corrected chi connectivity index (χ2v) is 6.23. The van der Waals surface area contributed by atoms with E-state index in [2.05, 4.69) is 24.8 Å². The van der Waals surface area contributed by atoms with Crippen LogP contribution in [0.3, 0.4) is 0 Å². The highest BCUT2D eigenvalue weighted by molar-refractivity contribution is 6.33. The molecule has 1 heterocycles. The zero-order valence-electron chi connectivity index (χ0n) is 12.0. The molecule has 2 nitrogen and oxygen atoms in total. The van der Waals surface area contributed by atoms with Crippen molar-refractivity contribution < 1.29 is 0 Å². The first-order chi connectivity index (χ1) is 9.09. The smallest absolute Gasteiger partial charge is 0.0642 e. The van der Waals surface area contributed by atoms with E-state index in [1.165, 1.54) is 36.9 Å². The number of hydrogen-bond donors (Lipinski definition) is 1. The maximum absolute atomic E-state index is 6.48. The first kappa shape index (κ1) is 14.7. The van der Waals surface area contributed by atoms with Gasteiger partial charge in [-0.1, -0.05) is 36.6 Å². The average molecular weight is 281 g/mol. The number of rotatable bonds is 3. The molecule has 2 atom stereocenters. The molecular weight excluding hydrogens is 256 g/mol. The summed E-state index contributed by atoms with van der Waals surface area (Å²) in [5, 5.41) is 0.868. The largest absolute Gasteiger partial charge is 0.367 e. The molecule has 2 unspecified atom stereocenters. The molecule has 1 fully saturated rings. The lowest BCUT2D eigenvalue weighted by atomic mass is 10.0. The van der Waals surface area contributed by atoms with Crippen molar-refractivity contribution in [3.8, 4) is 0 Å². The molecule has 1 saturated heterocycles. The Labute approximate surface area is 121 Å². The summed E-state index contributed by atoms with van der Waals surface area (Å²) in [6, 6.07) is 6.93. The Balaban J connectivity index is 2.35. The zero-order chi connectivity index (χ0) is 13.8. The molecule has 1 aromatic rings. The molecule has 0 saturated carbocycles. The van der Waals surface area contributed by atoms with E-state index in [0.717, 1.165) is 18.0 Å². The molecule has 0 bridgehead atoms. The first-order valence-electron chi connectivity index (χ1n) is 7.39. The Kier molecular flexibility index (Phi) is 5.12. The molecule has 0 radical (unpaired) electrons. The third-order valence-corrected chi connectivity index (χ3v) is 4.26. The summed E-state index contributed by atoms with van der Waals surface area (Å²) < 4.78 is 0. The summed E-state index contributed by atoms with van der Waals surface area (Å²) in [5.74, 6) is 0. The van der Waals surface area contributed by atoms with Crippen LogP contribution < -0.4 is 10.6 Å². The molecule has 2 N–H and O–H groups in total. The average Bonchev–Trinajstić information content (AvgIpc) is 2.54. The topological polar surface area (TPSA) is 29.3 Å². The normalized spacial score (nSPS) is 22.1. The molecule has 19 heavy (non-hydrogen) atoms. The van der Waals surface area contributed by atoms with E-state index in [0.29, 0.717) is 6.04 Å². The van der Waals surface area contributed by atoms with Crippen LogP contribution in [-0.4, -0.2) is 18.6 Å². The van der Waals surface area contributed by atoms with Gasteiger partial charge in [0.1, 0.15) is 0 Å². The van der Waals surface area contributed by atoms with E-state index >= 15 is 0 Å². The van der Waals surface area contributed by atoms with Crippen LogP contribution in [0.4, 0.5) is 5.69 Å². The van der Waals surface area contributed by atoms with E-state index in [1.54, 1.807) is 0 Å². The Morgan fingerprint density at radius 3 is 2.89 bits per heavy atom. The van der Waals surface area contributed by atoms with Crippen LogP contribution in [0, 0.1) is 0 Å². The van der Waals surface area contributed by atoms with Crippen molar-refractivity contribution in [2.24, 2.45) is 5.73 Å². The molecular formula is C16H25ClN2. The highest BCUT2D eigenvalue weighted by Gasteiger charge is 2.22. The first-order valence-corrected chi connectivity index (χ1v) is 7.77. The second kappa shape index (κ2) is 6.62. The number of halogens is 1. The number of anilines is 1. The van der Waals surface area contributed by atoms with Gasteiger partial charge in [0, 0.05) is 18.6 Å². The summed E-state index contributed by atoms with van der Waals surface area (Å²) in [5.41, 5.74) is 8.48. The minimum absolute atomic E-state index is 0.166. The molecule has 0 spiro atoms. The molecule has 2 rings (SSSR count). The van der Waals surface area contributed by atoms with Gasteiger partial charge in [-0.15, -0.1) is 0 Å². The Bertz CT molecular complexity index is 417. The van der Waals surface area contributed by atoms with E-state index in [4.69, 9.17) is 17.3 Å². The molecule has 1 aliphatic heterocycles. The van der Waals surface area contributed by atoms with E-state index in [9.17, 15) is 0 Å². The van der Waals surface area contributed by atoms with Crippen molar-refractivity contribution in [2.75, 3.05) is 11.4 Å². The minimum atomic E-state index is 0.166. The quantitative estimate of drug-likeness (QED) is 0.907. The molecule has 0 amide bonds. The lowest BCUT2D eigenvalue weighted by Crippen LogP contribution is -2.34. The van der Waals surface area contributed by atoms with E-state index in [1.807, 2.05) is 12.1 Å². The maximum Gasteiger partial charge on any atom is 0.0642 e. The monoisotopic (exact) mass is 280 g/mol. The number of nitrogens with zero attached hydrogens (tertiary/aromatic N) is 1. The van der Waals surface area contributed by atoms with Crippen molar-refractivity contribution in [2.45, 2.75) is 58.0 Å². The van der Waals surface area contributed by atoms with Gasteiger partial charge >= 0.3 is 0 Å². The fraction of sp³-hybridized carbons (Fsp3) is 0.625. The van der Waals surface area contributed by atoms with Gasteiger partial charge < -0.3 is 10.6 Å². The highest BCUT2D eigenvalue weighted by atomic mass is 35.5. The molecule has 0 aliphatic carbocycles. The van der Waals surface area contributed by atoms with Gasteiger partial charge in [-0.2, -0.15) is 0 Å². The number of hydrogen-bond acceptors (Lipinski definition) is 2. The molecule has 0 aromatic heterocycles. The van der Waals surface area contributed by atoms with Gasteiger partial charge in [0.2, 0.25) is 0 Å². The Morgan fingerprint density at radius 2 is 2.16 bits per heavy atom. The molecule has 3 heteroatoms. The Morgan fingerprint density at radius 1 is 1.37 bits per heavy atom. The van der Waals surface area contributed by atoms with E-state index in [-0.39, 0.29) is 6.04 Å². The van der Waals surface area contributed by atoms with Crippen LogP contribution in [0.2, 0.25) is 5.02 Å². The van der Waals surface area contributed by atoms with Crippen LogP contribution in [0.1, 0.15) is 45.1 Å². The molecule has 106 valence electrons. The van der Waals surface area contributed by atoms with Crippen LogP contribution >= 0.6 is 11.6 Å². The fourth-order valence-corrected chi connectivity index (χ4v) is 3.30. The highest BCUT2D eigenvalue weighted by Crippen LogP contribution is 2.34. The van der Waals surface area contributed by atoms with Crippen LogP contribution in [0.25, 0.3) is 0 Å². The predicted molar refractivity (Wildman–Crippen MR) is 84.1 cm³/mol. The van der Waals surface area contributed by atoms with Crippen molar-refractivity contribution >= 4 is 17.3 Å². The SMILES string of the molecule is CC(N)Cc1cccc(Cl)c1N1CCCCCC1C. The van der Waals surface area contributed by atoms with Crippen molar-refractivity contribution in [3.05, 3.63) is 28.8 Å². The lowest BCUT2D eigenvalue weighted by Gasteiger charge is -2.32. The third-order valence-electron chi connectivity index (χ3n) is 3.95.